The van der Waals surface area contributed by atoms with Crippen molar-refractivity contribution in [3.63, 3.8) is 0 Å². The number of likely N-dealkylation sites (tertiary alicyclic amines) is 1. The molecule has 116 valence electrons. The van der Waals surface area contributed by atoms with E-state index in [9.17, 15) is 17.6 Å². The largest absolute Gasteiger partial charge is 0.339 e. The van der Waals surface area contributed by atoms with E-state index in [1.54, 1.807) is 4.90 Å². The second-order valence-electron chi connectivity index (χ2n) is 4.83. The molecule has 0 unspecified atom stereocenters. The monoisotopic (exact) mass is 315 g/mol. The Morgan fingerprint density at radius 1 is 1.33 bits per heavy atom. The Bertz CT molecular complexity index is 628. The van der Waals surface area contributed by atoms with Gasteiger partial charge in [0, 0.05) is 26.2 Å². The Kier molecular flexibility index (Phi) is 4.92. The van der Waals surface area contributed by atoms with Gasteiger partial charge in [-0.2, -0.15) is 0 Å². The Labute approximate surface area is 123 Å². The molecular formula is C13H18FN3O3S. The molecule has 8 heteroatoms. The highest BCUT2D eigenvalue weighted by molar-refractivity contribution is 7.89. The first-order valence-electron chi connectivity index (χ1n) is 6.74. The van der Waals surface area contributed by atoms with Crippen molar-refractivity contribution >= 4 is 15.9 Å². The molecule has 0 bridgehead atoms. The number of hydrogen-bond donors (Lipinski definition) is 2. The van der Waals surface area contributed by atoms with Gasteiger partial charge in [0.15, 0.2) is 0 Å². The van der Waals surface area contributed by atoms with E-state index in [0.29, 0.717) is 13.1 Å². The van der Waals surface area contributed by atoms with Gasteiger partial charge in [-0.3, -0.25) is 4.79 Å². The van der Waals surface area contributed by atoms with Crippen molar-refractivity contribution in [2.45, 2.75) is 17.7 Å². The van der Waals surface area contributed by atoms with Crippen molar-refractivity contribution in [2.24, 2.45) is 5.73 Å². The lowest BCUT2D eigenvalue weighted by Crippen LogP contribution is -2.30. The Morgan fingerprint density at radius 2 is 2.00 bits per heavy atom. The normalized spacial score (nSPS) is 15.4. The van der Waals surface area contributed by atoms with Crippen molar-refractivity contribution in [3.05, 3.63) is 29.6 Å². The van der Waals surface area contributed by atoms with E-state index in [1.807, 2.05) is 0 Å². The summed E-state index contributed by atoms with van der Waals surface area (Å²) in [6.45, 7) is 1.43. The average Bonchev–Trinajstić information content (AvgIpc) is 2.98. The maximum Gasteiger partial charge on any atom is 0.256 e. The first kappa shape index (κ1) is 15.9. The minimum absolute atomic E-state index is 0.0679. The molecule has 1 heterocycles. The van der Waals surface area contributed by atoms with Crippen LogP contribution in [0.1, 0.15) is 23.2 Å². The zero-order chi connectivity index (χ0) is 15.5. The first-order chi connectivity index (χ1) is 9.95. The van der Waals surface area contributed by atoms with Crippen LogP contribution in [-0.4, -0.2) is 45.4 Å². The van der Waals surface area contributed by atoms with Gasteiger partial charge in [-0.15, -0.1) is 0 Å². The number of carbonyl (C=O) groups excluding carboxylic acids is 1. The Balaban J connectivity index is 2.23. The van der Waals surface area contributed by atoms with Gasteiger partial charge in [-0.25, -0.2) is 17.5 Å². The number of amides is 1. The SMILES string of the molecule is NCCNS(=O)(=O)c1ccc(C(=O)N2CCCC2)c(F)c1. The molecule has 0 spiro atoms. The van der Waals surface area contributed by atoms with Crippen LogP contribution in [0.15, 0.2) is 23.1 Å². The summed E-state index contributed by atoms with van der Waals surface area (Å²) >= 11 is 0. The maximum absolute atomic E-state index is 14.0. The van der Waals surface area contributed by atoms with Crippen LogP contribution in [0, 0.1) is 5.82 Å². The zero-order valence-electron chi connectivity index (χ0n) is 11.5. The van der Waals surface area contributed by atoms with Gasteiger partial charge >= 0.3 is 0 Å². The fourth-order valence-electron chi connectivity index (χ4n) is 2.20. The van der Waals surface area contributed by atoms with Gasteiger partial charge in [0.05, 0.1) is 10.5 Å². The number of sulfonamides is 1. The summed E-state index contributed by atoms with van der Waals surface area (Å²) in [4.78, 5) is 13.5. The number of nitrogens with two attached hydrogens (primary N) is 1. The fraction of sp³-hybridized carbons (Fsp3) is 0.462. The van der Waals surface area contributed by atoms with E-state index in [4.69, 9.17) is 5.73 Å². The lowest BCUT2D eigenvalue weighted by Gasteiger charge is -2.16. The molecule has 1 aromatic rings. The van der Waals surface area contributed by atoms with Crippen molar-refractivity contribution in [1.82, 2.24) is 9.62 Å². The van der Waals surface area contributed by atoms with Crippen molar-refractivity contribution in [1.29, 1.82) is 0 Å². The van der Waals surface area contributed by atoms with Gasteiger partial charge in [-0.05, 0) is 31.0 Å². The van der Waals surface area contributed by atoms with Crippen LogP contribution in [0.3, 0.4) is 0 Å². The maximum atomic E-state index is 14.0. The third kappa shape index (κ3) is 3.58. The topological polar surface area (TPSA) is 92.5 Å². The van der Waals surface area contributed by atoms with Gasteiger partial charge in [0.25, 0.3) is 5.91 Å². The van der Waals surface area contributed by atoms with E-state index in [-0.39, 0.29) is 23.5 Å². The van der Waals surface area contributed by atoms with E-state index in [2.05, 4.69) is 4.72 Å². The van der Waals surface area contributed by atoms with Crippen molar-refractivity contribution in [3.8, 4) is 0 Å². The third-order valence-electron chi connectivity index (χ3n) is 3.31. The Hall–Kier alpha value is -1.51. The molecule has 0 aliphatic carbocycles. The molecule has 1 saturated heterocycles. The Morgan fingerprint density at radius 3 is 2.57 bits per heavy atom. The highest BCUT2D eigenvalue weighted by Gasteiger charge is 2.24. The summed E-state index contributed by atoms with van der Waals surface area (Å²) in [6, 6.07) is 3.31. The summed E-state index contributed by atoms with van der Waals surface area (Å²) in [6.07, 6.45) is 1.81. The molecule has 1 aliphatic rings. The predicted octanol–water partition coefficient (Wildman–Crippen LogP) is 0.299. The van der Waals surface area contributed by atoms with Crippen LogP contribution in [0.2, 0.25) is 0 Å². The summed E-state index contributed by atoms with van der Waals surface area (Å²) in [5, 5.41) is 0. The van der Waals surface area contributed by atoms with E-state index in [1.165, 1.54) is 12.1 Å². The third-order valence-corrected chi connectivity index (χ3v) is 4.77. The van der Waals surface area contributed by atoms with Gasteiger partial charge in [0.1, 0.15) is 5.82 Å². The van der Waals surface area contributed by atoms with Gasteiger partial charge in [-0.1, -0.05) is 0 Å². The quantitative estimate of drug-likeness (QED) is 0.817. The molecule has 0 atom stereocenters. The highest BCUT2D eigenvalue weighted by Crippen LogP contribution is 2.18. The second kappa shape index (κ2) is 6.50. The lowest BCUT2D eigenvalue weighted by atomic mass is 10.2. The average molecular weight is 315 g/mol. The first-order valence-corrected chi connectivity index (χ1v) is 8.22. The molecule has 1 fully saturated rings. The van der Waals surface area contributed by atoms with E-state index in [0.717, 1.165) is 18.9 Å². The molecule has 1 aliphatic heterocycles. The fourth-order valence-corrected chi connectivity index (χ4v) is 3.26. The zero-order valence-corrected chi connectivity index (χ0v) is 12.3. The molecule has 0 aromatic heterocycles. The van der Waals surface area contributed by atoms with Gasteiger partial charge in [0.2, 0.25) is 10.0 Å². The number of nitrogens with one attached hydrogen (secondary N) is 1. The summed E-state index contributed by atoms with van der Waals surface area (Å²) < 4.78 is 40.0. The molecule has 3 N–H and O–H groups in total. The predicted molar refractivity (Wildman–Crippen MR) is 75.8 cm³/mol. The van der Waals surface area contributed by atoms with Crippen LogP contribution < -0.4 is 10.5 Å². The molecule has 1 aromatic carbocycles. The molecule has 21 heavy (non-hydrogen) atoms. The molecule has 1 amide bonds. The number of hydrogen-bond acceptors (Lipinski definition) is 4. The van der Waals surface area contributed by atoms with Crippen LogP contribution in [0.4, 0.5) is 4.39 Å². The summed E-state index contributed by atoms with van der Waals surface area (Å²) in [7, 11) is -3.80. The molecule has 0 saturated carbocycles. The van der Waals surface area contributed by atoms with Gasteiger partial charge < -0.3 is 10.6 Å². The standard InChI is InChI=1S/C13H18FN3O3S/c14-12-9-10(21(19,20)16-6-5-15)3-4-11(12)13(18)17-7-1-2-8-17/h3-4,9,16H,1-2,5-8,15H2. The van der Waals surface area contributed by atoms with Crippen LogP contribution >= 0.6 is 0 Å². The second-order valence-corrected chi connectivity index (χ2v) is 6.59. The smallest absolute Gasteiger partial charge is 0.256 e. The minimum atomic E-state index is -3.80. The van der Waals surface area contributed by atoms with Crippen molar-refractivity contribution in [2.75, 3.05) is 26.2 Å². The number of nitrogens with zero attached hydrogens (tertiary/aromatic N) is 1. The van der Waals surface area contributed by atoms with Crippen LogP contribution in [-0.2, 0) is 10.0 Å². The lowest BCUT2D eigenvalue weighted by molar-refractivity contribution is 0.0788. The molecular weight excluding hydrogens is 297 g/mol. The minimum Gasteiger partial charge on any atom is -0.339 e. The van der Waals surface area contributed by atoms with E-state index >= 15 is 0 Å². The number of halogens is 1. The molecule has 2 rings (SSSR count). The van der Waals surface area contributed by atoms with Crippen LogP contribution in [0.5, 0.6) is 0 Å². The highest BCUT2D eigenvalue weighted by atomic mass is 32.2. The summed E-state index contributed by atoms with van der Waals surface area (Å²) in [5.74, 6) is -1.23. The van der Waals surface area contributed by atoms with E-state index < -0.39 is 21.7 Å². The number of benzene rings is 1. The number of carbonyl (C=O) groups is 1. The number of rotatable bonds is 5. The molecule has 0 radical (unpaired) electrons. The van der Waals surface area contributed by atoms with Crippen LogP contribution in [0.25, 0.3) is 0 Å². The van der Waals surface area contributed by atoms with Crippen molar-refractivity contribution < 1.29 is 17.6 Å². The molecule has 6 nitrogen and oxygen atoms in total. The summed E-state index contributed by atoms with van der Waals surface area (Å²) in [5.41, 5.74) is 5.12.